The largest absolute Gasteiger partial charge is 0.255 e. The Kier molecular flexibility index (Phi) is 4.04. The monoisotopic (exact) mass is 199 g/mol. The third kappa shape index (κ3) is 2.79. The van der Waals surface area contributed by atoms with Crippen molar-refractivity contribution < 1.29 is 4.39 Å². The van der Waals surface area contributed by atoms with E-state index in [4.69, 9.17) is 0 Å². The second-order valence-electron chi connectivity index (χ2n) is 4.00. The lowest BCUT2D eigenvalue weighted by molar-refractivity contribution is 0.501. The summed E-state index contributed by atoms with van der Waals surface area (Å²) in [6.45, 7) is 7.01. The van der Waals surface area contributed by atoms with Gasteiger partial charge in [-0.1, -0.05) is 37.5 Å². The van der Waals surface area contributed by atoms with Crippen molar-refractivity contribution in [3.8, 4) is 0 Å². The first-order valence-electron chi connectivity index (χ1n) is 5.23. The van der Waals surface area contributed by atoms with E-state index >= 15 is 0 Å². The number of unbranched alkanes of at least 4 members (excludes halogenated alkanes) is 1. The second-order valence-corrected chi connectivity index (χ2v) is 4.00. The normalized spacial score (nSPS) is 11.2. The van der Waals surface area contributed by atoms with E-state index in [-0.39, 0.29) is 0 Å². The molecule has 0 aliphatic carbocycles. The molecule has 0 saturated heterocycles. The Labute approximate surface area is 84.3 Å². The minimum Gasteiger partial charge on any atom is -0.246 e. The molecule has 1 heterocycles. The highest BCUT2D eigenvalue weighted by Gasteiger charge is 2.13. The van der Waals surface area contributed by atoms with Gasteiger partial charge in [-0.2, -0.15) is 4.39 Å². The number of nitrogens with zero attached hydrogens (tertiary/aromatic N) is 3. The lowest BCUT2D eigenvalue weighted by Crippen LogP contribution is -2.08. The fourth-order valence-electron chi connectivity index (χ4n) is 1.38. The lowest BCUT2D eigenvalue weighted by atomic mass is 10.1. The minimum absolute atomic E-state index is 0.408. The molecule has 0 radical (unpaired) electrons. The molecule has 0 saturated carbocycles. The summed E-state index contributed by atoms with van der Waals surface area (Å²) in [5.74, 6) is 0.0261. The van der Waals surface area contributed by atoms with Gasteiger partial charge in [-0.15, -0.1) is 0 Å². The summed E-state index contributed by atoms with van der Waals surface area (Å²) in [5.41, 5.74) is 0.647. The Balaban J connectivity index is 2.72. The van der Waals surface area contributed by atoms with E-state index in [0.29, 0.717) is 18.0 Å². The Bertz CT molecular complexity index is 281. The first-order valence-corrected chi connectivity index (χ1v) is 5.23. The third-order valence-corrected chi connectivity index (χ3v) is 2.12. The summed E-state index contributed by atoms with van der Waals surface area (Å²) in [7, 11) is 0. The summed E-state index contributed by atoms with van der Waals surface area (Å²) >= 11 is 0. The first-order chi connectivity index (χ1) is 6.65. The van der Waals surface area contributed by atoms with Gasteiger partial charge in [-0.25, -0.2) is 4.68 Å². The zero-order chi connectivity index (χ0) is 10.6. The molecule has 0 bridgehead atoms. The van der Waals surface area contributed by atoms with Crippen LogP contribution < -0.4 is 0 Å². The van der Waals surface area contributed by atoms with E-state index in [1.54, 1.807) is 4.68 Å². The highest BCUT2D eigenvalue weighted by Crippen LogP contribution is 2.11. The zero-order valence-corrected chi connectivity index (χ0v) is 9.13. The van der Waals surface area contributed by atoms with Crippen molar-refractivity contribution in [3.63, 3.8) is 0 Å². The van der Waals surface area contributed by atoms with Crippen LogP contribution in [0.2, 0.25) is 0 Å². The number of aryl methyl sites for hydroxylation is 1. The van der Waals surface area contributed by atoms with Crippen LogP contribution in [-0.4, -0.2) is 15.0 Å². The Hall–Kier alpha value is -0.930. The number of halogens is 1. The van der Waals surface area contributed by atoms with Gasteiger partial charge < -0.3 is 0 Å². The molecule has 3 nitrogen and oxygen atoms in total. The molecule has 14 heavy (non-hydrogen) atoms. The van der Waals surface area contributed by atoms with Crippen molar-refractivity contribution in [1.29, 1.82) is 0 Å². The van der Waals surface area contributed by atoms with Crippen LogP contribution in [0.1, 0.15) is 39.3 Å². The molecule has 1 rings (SSSR count). The number of hydrogen-bond acceptors (Lipinski definition) is 2. The van der Waals surface area contributed by atoms with E-state index in [1.807, 2.05) is 0 Å². The number of rotatable bonds is 5. The Morgan fingerprint density at radius 1 is 1.43 bits per heavy atom. The van der Waals surface area contributed by atoms with Gasteiger partial charge in [-0.3, -0.25) is 0 Å². The van der Waals surface area contributed by atoms with Gasteiger partial charge in [0.05, 0.1) is 5.69 Å². The standard InChI is InChI=1S/C10H18FN3/c1-4-5-6-14-9(7-8(2)3)10(11)12-13-14/h8H,4-7H2,1-3H3. The predicted molar refractivity (Wildman–Crippen MR) is 53.4 cm³/mol. The molecule has 0 spiro atoms. The molecular formula is C10H18FN3. The van der Waals surface area contributed by atoms with Crippen LogP contribution >= 0.6 is 0 Å². The van der Waals surface area contributed by atoms with Crippen LogP contribution in [0.3, 0.4) is 0 Å². The second kappa shape index (κ2) is 5.08. The third-order valence-electron chi connectivity index (χ3n) is 2.12. The van der Waals surface area contributed by atoms with Gasteiger partial charge in [0.25, 0.3) is 5.95 Å². The topological polar surface area (TPSA) is 30.7 Å². The van der Waals surface area contributed by atoms with Gasteiger partial charge in [0.15, 0.2) is 0 Å². The van der Waals surface area contributed by atoms with Crippen molar-refractivity contribution in [2.45, 2.75) is 46.6 Å². The van der Waals surface area contributed by atoms with Gasteiger partial charge in [0, 0.05) is 6.54 Å². The van der Waals surface area contributed by atoms with E-state index in [0.717, 1.165) is 19.4 Å². The van der Waals surface area contributed by atoms with Gasteiger partial charge in [0.2, 0.25) is 0 Å². The van der Waals surface area contributed by atoms with Gasteiger partial charge in [0.1, 0.15) is 0 Å². The van der Waals surface area contributed by atoms with E-state index in [9.17, 15) is 4.39 Å². The molecule has 1 aromatic heterocycles. The van der Waals surface area contributed by atoms with Gasteiger partial charge in [-0.05, 0) is 18.8 Å². The van der Waals surface area contributed by atoms with Crippen molar-refractivity contribution >= 4 is 0 Å². The van der Waals surface area contributed by atoms with Crippen LogP contribution in [0.15, 0.2) is 0 Å². The van der Waals surface area contributed by atoms with Crippen LogP contribution in [0.25, 0.3) is 0 Å². The molecule has 0 atom stereocenters. The summed E-state index contributed by atoms with van der Waals surface area (Å²) in [6.07, 6.45) is 2.82. The summed E-state index contributed by atoms with van der Waals surface area (Å²) in [4.78, 5) is 0. The fraction of sp³-hybridized carbons (Fsp3) is 0.800. The molecule has 0 unspecified atom stereocenters. The summed E-state index contributed by atoms with van der Waals surface area (Å²) in [6, 6.07) is 0. The molecule has 0 fully saturated rings. The van der Waals surface area contributed by atoms with Crippen LogP contribution in [0, 0.1) is 11.9 Å². The molecule has 0 aliphatic heterocycles. The predicted octanol–water partition coefficient (Wildman–Crippen LogP) is 2.42. The van der Waals surface area contributed by atoms with Crippen molar-refractivity contribution in [2.24, 2.45) is 5.92 Å². The molecule has 80 valence electrons. The van der Waals surface area contributed by atoms with Gasteiger partial charge >= 0.3 is 0 Å². The van der Waals surface area contributed by atoms with Crippen molar-refractivity contribution in [2.75, 3.05) is 0 Å². The molecular weight excluding hydrogens is 181 g/mol. The highest BCUT2D eigenvalue weighted by molar-refractivity contribution is 4.98. The van der Waals surface area contributed by atoms with E-state index in [2.05, 4.69) is 31.1 Å². The smallest absolute Gasteiger partial charge is 0.246 e. The van der Waals surface area contributed by atoms with E-state index in [1.165, 1.54) is 0 Å². The summed E-state index contributed by atoms with van der Waals surface area (Å²) in [5, 5.41) is 7.27. The van der Waals surface area contributed by atoms with Crippen molar-refractivity contribution in [3.05, 3.63) is 11.6 Å². The maximum atomic E-state index is 13.2. The maximum absolute atomic E-state index is 13.2. The average molecular weight is 199 g/mol. The van der Waals surface area contributed by atoms with Crippen LogP contribution in [-0.2, 0) is 13.0 Å². The summed E-state index contributed by atoms with van der Waals surface area (Å²) < 4.78 is 14.9. The number of aromatic nitrogens is 3. The SMILES string of the molecule is CCCCn1nnc(F)c1CC(C)C. The van der Waals surface area contributed by atoms with Crippen LogP contribution in [0.5, 0.6) is 0 Å². The lowest BCUT2D eigenvalue weighted by Gasteiger charge is -2.07. The van der Waals surface area contributed by atoms with E-state index < -0.39 is 5.95 Å². The Morgan fingerprint density at radius 3 is 2.71 bits per heavy atom. The highest BCUT2D eigenvalue weighted by atomic mass is 19.1. The minimum atomic E-state index is -0.408. The maximum Gasteiger partial charge on any atom is 0.255 e. The average Bonchev–Trinajstić information content (AvgIpc) is 2.45. The zero-order valence-electron chi connectivity index (χ0n) is 9.13. The quantitative estimate of drug-likeness (QED) is 0.729. The number of hydrogen-bond donors (Lipinski definition) is 0. The molecule has 4 heteroatoms. The van der Waals surface area contributed by atoms with Crippen LogP contribution in [0.4, 0.5) is 4.39 Å². The first kappa shape index (κ1) is 11.1. The molecule has 0 amide bonds. The Morgan fingerprint density at radius 2 is 2.14 bits per heavy atom. The molecule has 0 N–H and O–H groups in total. The molecule has 0 aromatic carbocycles. The molecule has 1 aromatic rings. The molecule has 0 aliphatic rings. The fourth-order valence-corrected chi connectivity index (χ4v) is 1.38. The van der Waals surface area contributed by atoms with Crippen molar-refractivity contribution in [1.82, 2.24) is 15.0 Å².